The highest BCUT2D eigenvalue weighted by molar-refractivity contribution is 6.32. The molecular weight excluding hydrogens is 347 g/mol. The molecule has 0 aromatic heterocycles. The first-order chi connectivity index (χ1) is 11.9. The van der Waals surface area contributed by atoms with Gasteiger partial charge in [0.15, 0.2) is 0 Å². The van der Waals surface area contributed by atoms with Gasteiger partial charge in [-0.3, -0.25) is 9.59 Å². The van der Waals surface area contributed by atoms with E-state index in [1.807, 2.05) is 0 Å². The normalized spacial score (nSPS) is 10.2. The minimum atomic E-state index is -0.362. The van der Waals surface area contributed by atoms with E-state index < -0.39 is 0 Å². The smallest absolute Gasteiger partial charge is 0.244 e. The summed E-state index contributed by atoms with van der Waals surface area (Å²) in [5.74, 6) is -0.473. The fraction of sp³-hybridized carbons (Fsp3) is 0.222. The topological polar surface area (TPSA) is 58.6 Å². The maximum Gasteiger partial charge on any atom is 0.244 e. The van der Waals surface area contributed by atoms with Crippen LogP contribution in [0.3, 0.4) is 0 Å². The van der Waals surface area contributed by atoms with Crippen LogP contribution >= 0.6 is 11.6 Å². The lowest BCUT2D eigenvalue weighted by Crippen LogP contribution is -2.36. The van der Waals surface area contributed by atoms with E-state index in [-0.39, 0.29) is 30.7 Å². The van der Waals surface area contributed by atoms with Crippen molar-refractivity contribution in [1.82, 2.24) is 4.90 Å². The molecule has 1 N–H and O–H groups in total. The molecule has 5 nitrogen and oxygen atoms in total. The fourth-order valence-electron chi connectivity index (χ4n) is 2.21. The molecule has 7 heteroatoms. The third-order valence-corrected chi connectivity index (χ3v) is 3.80. The number of halogens is 2. The first-order valence-electron chi connectivity index (χ1n) is 7.52. The third kappa shape index (κ3) is 5.46. The molecule has 0 aliphatic heterocycles. The van der Waals surface area contributed by atoms with E-state index in [2.05, 4.69) is 5.32 Å². The van der Waals surface area contributed by atoms with Crippen molar-refractivity contribution in [3.05, 3.63) is 58.9 Å². The van der Waals surface area contributed by atoms with Gasteiger partial charge in [0.1, 0.15) is 18.1 Å². The van der Waals surface area contributed by atoms with Crippen molar-refractivity contribution >= 4 is 29.1 Å². The summed E-state index contributed by atoms with van der Waals surface area (Å²) in [7, 11) is 1.50. The molecule has 0 fully saturated rings. The maximum absolute atomic E-state index is 13.0. The van der Waals surface area contributed by atoms with Crippen molar-refractivity contribution in [1.29, 1.82) is 0 Å². The molecule has 0 aliphatic carbocycles. The lowest BCUT2D eigenvalue weighted by molar-refractivity contribution is -0.133. The Morgan fingerprint density at radius 2 is 1.88 bits per heavy atom. The van der Waals surface area contributed by atoms with Crippen molar-refractivity contribution in [3.8, 4) is 5.75 Å². The van der Waals surface area contributed by atoms with Crippen LogP contribution in [0.25, 0.3) is 0 Å². The number of nitrogens with zero attached hydrogens (tertiary/aromatic N) is 1. The first kappa shape index (κ1) is 18.7. The van der Waals surface area contributed by atoms with Crippen LogP contribution in [0.15, 0.2) is 42.5 Å². The number of nitrogens with one attached hydrogen (secondary N) is 1. The number of benzene rings is 2. The van der Waals surface area contributed by atoms with Gasteiger partial charge >= 0.3 is 0 Å². The van der Waals surface area contributed by atoms with Gasteiger partial charge in [-0.2, -0.15) is 0 Å². The Morgan fingerprint density at radius 3 is 2.44 bits per heavy atom. The summed E-state index contributed by atoms with van der Waals surface area (Å²) >= 11 is 6.02. The molecule has 132 valence electrons. The van der Waals surface area contributed by atoms with Gasteiger partial charge in [-0.15, -0.1) is 0 Å². The fourth-order valence-corrected chi connectivity index (χ4v) is 2.46. The number of ether oxygens (including phenoxy) is 1. The molecular formula is C18H18ClFN2O3. The van der Waals surface area contributed by atoms with E-state index in [4.69, 9.17) is 16.3 Å². The predicted molar refractivity (Wildman–Crippen MR) is 94.1 cm³/mol. The second-order valence-electron chi connectivity index (χ2n) is 5.40. The summed E-state index contributed by atoms with van der Waals surface area (Å²) < 4.78 is 18.0. The highest BCUT2D eigenvalue weighted by Crippen LogP contribution is 2.27. The zero-order chi connectivity index (χ0) is 18.4. The van der Waals surface area contributed by atoms with E-state index in [1.165, 1.54) is 31.1 Å². The molecule has 0 unspecified atom stereocenters. The highest BCUT2D eigenvalue weighted by atomic mass is 35.5. The van der Waals surface area contributed by atoms with Crippen molar-refractivity contribution < 1.29 is 18.7 Å². The largest absolute Gasteiger partial charge is 0.495 e. The molecule has 2 amide bonds. The van der Waals surface area contributed by atoms with Gasteiger partial charge in [-0.25, -0.2) is 4.39 Å². The van der Waals surface area contributed by atoms with Crippen LogP contribution in [0, 0.1) is 5.82 Å². The molecule has 2 aromatic carbocycles. The second-order valence-corrected chi connectivity index (χ2v) is 5.81. The summed E-state index contributed by atoms with van der Waals surface area (Å²) in [4.78, 5) is 25.3. The molecule has 2 aromatic rings. The molecule has 0 radical (unpaired) electrons. The molecule has 2 rings (SSSR count). The molecule has 0 saturated heterocycles. The van der Waals surface area contributed by atoms with Crippen LogP contribution in [0.4, 0.5) is 10.1 Å². The van der Waals surface area contributed by atoms with Crippen LogP contribution in [0.5, 0.6) is 5.75 Å². The predicted octanol–water partition coefficient (Wildman–Crippen LogP) is 3.47. The van der Waals surface area contributed by atoms with Crippen LogP contribution in [-0.2, 0) is 16.1 Å². The molecule has 0 atom stereocenters. The van der Waals surface area contributed by atoms with Crippen LogP contribution < -0.4 is 10.1 Å². The van der Waals surface area contributed by atoms with E-state index in [0.29, 0.717) is 16.5 Å². The molecule has 25 heavy (non-hydrogen) atoms. The summed E-state index contributed by atoms with van der Waals surface area (Å²) in [5.41, 5.74) is 1.23. The number of anilines is 1. The molecule has 0 bridgehead atoms. The number of hydrogen-bond acceptors (Lipinski definition) is 3. The lowest BCUT2D eigenvalue weighted by Gasteiger charge is -2.20. The second kappa shape index (κ2) is 8.48. The summed E-state index contributed by atoms with van der Waals surface area (Å²) in [6, 6.07) is 10.6. The Morgan fingerprint density at radius 1 is 1.20 bits per heavy atom. The Bertz CT molecular complexity index is 765. The Labute approximate surface area is 150 Å². The molecule has 0 spiro atoms. The zero-order valence-electron chi connectivity index (χ0n) is 13.9. The average Bonchev–Trinajstić information content (AvgIpc) is 2.56. The van der Waals surface area contributed by atoms with Gasteiger partial charge in [0.2, 0.25) is 11.8 Å². The minimum absolute atomic E-state index is 0.129. The highest BCUT2D eigenvalue weighted by Gasteiger charge is 2.15. The SMILES string of the molecule is COc1ccc(NC(=O)CN(Cc2ccc(F)cc2)C(C)=O)cc1Cl. The Hall–Kier alpha value is -2.60. The van der Waals surface area contributed by atoms with E-state index in [1.54, 1.807) is 30.3 Å². The first-order valence-corrected chi connectivity index (χ1v) is 7.90. The zero-order valence-corrected chi connectivity index (χ0v) is 14.6. The molecule has 0 heterocycles. The van der Waals surface area contributed by atoms with E-state index >= 15 is 0 Å². The standard InChI is InChI=1S/C18H18ClFN2O3/c1-12(23)22(10-13-3-5-14(20)6-4-13)11-18(24)21-15-7-8-17(25-2)16(19)9-15/h3-9H,10-11H2,1-2H3,(H,21,24). The lowest BCUT2D eigenvalue weighted by atomic mass is 10.2. The average molecular weight is 365 g/mol. The Balaban J connectivity index is 2.01. The van der Waals surface area contributed by atoms with Gasteiger partial charge in [-0.1, -0.05) is 23.7 Å². The van der Waals surface area contributed by atoms with Crippen LogP contribution in [0.1, 0.15) is 12.5 Å². The maximum atomic E-state index is 13.0. The van der Waals surface area contributed by atoms with Crippen molar-refractivity contribution in [2.24, 2.45) is 0 Å². The molecule has 0 saturated carbocycles. The number of rotatable bonds is 6. The quantitative estimate of drug-likeness (QED) is 0.853. The Kier molecular flexibility index (Phi) is 6.36. The number of carbonyl (C=O) groups excluding carboxylic acids is 2. The van der Waals surface area contributed by atoms with E-state index in [0.717, 1.165) is 5.56 Å². The summed E-state index contributed by atoms with van der Waals surface area (Å²) in [5, 5.41) is 3.05. The van der Waals surface area contributed by atoms with Crippen molar-refractivity contribution in [2.45, 2.75) is 13.5 Å². The van der Waals surface area contributed by atoms with Crippen LogP contribution in [0.2, 0.25) is 5.02 Å². The monoisotopic (exact) mass is 364 g/mol. The van der Waals surface area contributed by atoms with Gasteiger partial charge in [0.05, 0.1) is 12.1 Å². The van der Waals surface area contributed by atoms with Crippen molar-refractivity contribution in [2.75, 3.05) is 19.0 Å². The number of hydrogen-bond donors (Lipinski definition) is 1. The third-order valence-electron chi connectivity index (χ3n) is 3.50. The van der Waals surface area contributed by atoms with Gasteiger partial charge < -0.3 is 15.0 Å². The van der Waals surface area contributed by atoms with Gasteiger partial charge in [-0.05, 0) is 35.9 Å². The van der Waals surface area contributed by atoms with Crippen LogP contribution in [-0.4, -0.2) is 30.4 Å². The number of methoxy groups -OCH3 is 1. The van der Waals surface area contributed by atoms with Gasteiger partial charge in [0, 0.05) is 19.2 Å². The number of carbonyl (C=O) groups is 2. The summed E-state index contributed by atoms with van der Waals surface area (Å²) in [6.07, 6.45) is 0. The minimum Gasteiger partial charge on any atom is -0.495 e. The van der Waals surface area contributed by atoms with E-state index in [9.17, 15) is 14.0 Å². The summed E-state index contributed by atoms with van der Waals surface area (Å²) in [6.45, 7) is 1.46. The molecule has 0 aliphatic rings. The van der Waals surface area contributed by atoms with Crippen molar-refractivity contribution in [3.63, 3.8) is 0 Å². The number of amides is 2. The van der Waals surface area contributed by atoms with Gasteiger partial charge in [0.25, 0.3) is 0 Å².